The van der Waals surface area contributed by atoms with Crippen molar-refractivity contribution in [2.45, 2.75) is 33.8 Å². The van der Waals surface area contributed by atoms with Gasteiger partial charge in [-0.25, -0.2) is 8.42 Å². The quantitative estimate of drug-likeness (QED) is 0.218. The average molecular weight is 368 g/mol. The third-order valence-electron chi connectivity index (χ3n) is 3.12. The van der Waals surface area contributed by atoms with Crippen LogP contribution in [0.25, 0.3) is 10.4 Å². The lowest BCUT2D eigenvalue weighted by Crippen LogP contribution is -1.99. The Bertz CT molecular complexity index is 792. The van der Waals surface area contributed by atoms with Crippen LogP contribution in [0.3, 0.4) is 0 Å². The predicted molar refractivity (Wildman–Crippen MR) is 94.9 cm³/mol. The van der Waals surface area contributed by atoms with Crippen molar-refractivity contribution in [2.24, 2.45) is 5.11 Å². The third-order valence-corrected chi connectivity index (χ3v) is 7.71. The van der Waals surface area contributed by atoms with Crippen molar-refractivity contribution in [3.8, 4) is 0 Å². The lowest BCUT2D eigenvalue weighted by atomic mass is 10.4. The van der Waals surface area contributed by atoms with E-state index in [1.165, 1.54) is 11.3 Å². The van der Waals surface area contributed by atoms with Crippen LogP contribution in [0.4, 0.5) is 0 Å². The molecule has 0 aliphatic rings. The van der Waals surface area contributed by atoms with Gasteiger partial charge in [-0.3, -0.25) is 0 Å². The van der Waals surface area contributed by atoms with E-state index in [0.717, 1.165) is 28.4 Å². The predicted octanol–water partition coefficient (Wildman–Crippen LogP) is 4.94. The number of nitrogens with zero attached hydrogens (tertiary/aromatic N) is 3. The fourth-order valence-corrected chi connectivity index (χ4v) is 5.43. The third kappa shape index (κ3) is 4.75. The van der Waals surface area contributed by atoms with Gasteiger partial charge in [0, 0.05) is 21.2 Å². The second kappa shape index (κ2) is 8.40. The first-order chi connectivity index (χ1) is 11.1. The summed E-state index contributed by atoms with van der Waals surface area (Å²) in [5.41, 5.74) is 8.20. The van der Waals surface area contributed by atoms with Crippen molar-refractivity contribution in [2.75, 3.05) is 12.3 Å². The molecule has 0 aliphatic heterocycles. The maximum atomic E-state index is 12.6. The number of thioether (sulfide) groups is 1. The van der Waals surface area contributed by atoms with Gasteiger partial charge in [-0.15, -0.1) is 23.1 Å². The molecule has 0 N–H and O–H groups in total. The van der Waals surface area contributed by atoms with Crippen LogP contribution in [0.15, 0.2) is 55.5 Å². The Morgan fingerprint density at radius 2 is 1.96 bits per heavy atom. The van der Waals surface area contributed by atoms with Crippen LogP contribution in [0.5, 0.6) is 0 Å². The minimum atomic E-state index is -3.42. The molecule has 0 saturated carbocycles. The standard InChI is InChI=1S/C15H17N3O2S3/c1-2-12-6-9-15(22-12)23(19,20)14-7-4-13(5-8-14)21-11-3-10-17-18-16/h4-9H,2-3,10-11H2,1H3. The van der Waals surface area contributed by atoms with E-state index in [2.05, 4.69) is 10.0 Å². The first-order valence-corrected chi connectivity index (χ1v) is 10.4. The van der Waals surface area contributed by atoms with Crippen molar-refractivity contribution in [3.63, 3.8) is 0 Å². The van der Waals surface area contributed by atoms with Gasteiger partial charge in [0.1, 0.15) is 4.21 Å². The SMILES string of the molecule is CCc1ccc(S(=O)(=O)c2ccc(SCCCN=[N+]=[N-])cc2)s1. The zero-order valence-electron chi connectivity index (χ0n) is 12.7. The molecule has 5 nitrogen and oxygen atoms in total. The van der Waals surface area contributed by atoms with Gasteiger partial charge in [-0.05, 0) is 60.5 Å². The molecule has 2 rings (SSSR count). The van der Waals surface area contributed by atoms with E-state index in [9.17, 15) is 8.42 Å². The highest BCUT2D eigenvalue weighted by atomic mass is 32.2. The van der Waals surface area contributed by atoms with Gasteiger partial charge in [0.2, 0.25) is 9.84 Å². The number of aryl methyl sites for hydroxylation is 1. The lowest BCUT2D eigenvalue weighted by Gasteiger charge is -2.04. The Morgan fingerprint density at radius 1 is 1.22 bits per heavy atom. The Kier molecular flexibility index (Phi) is 6.53. The Morgan fingerprint density at radius 3 is 2.57 bits per heavy atom. The summed E-state index contributed by atoms with van der Waals surface area (Å²) in [6, 6.07) is 10.5. The molecule has 0 amide bonds. The fraction of sp³-hybridized carbons (Fsp3) is 0.333. The number of hydrogen-bond acceptors (Lipinski definition) is 5. The van der Waals surface area contributed by atoms with Crippen molar-refractivity contribution in [3.05, 3.63) is 51.7 Å². The van der Waals surface area contributed by atoms with Gasteiger partial charge < -0.3 is 0 Å². The van der Waals surface area contributed by atoms with Crippen LogP contribution in [0.2, 0.25) is 0 Å². The second-order valence-electron chi connectivity index (χ2n) is 4.71. The van der Waals surface area contributed by atoms with Gasteiger partial charge in [0.15, 0.2) is 0 Å². The Labute approximate surface area is 144 Å². The number of azide groups is 1. The molecular formula is C15H17N3O2S3. The van der Waals surface area contributed by atoms with Gasteiger partial charge in [-0.1, -0.05) is 12.0 Å². The minimum absolute atomic E-state index is 0.320. The van der Waals surface area contributed by atoms with Crippen molar-refractivity contribution in [1.82, 2.24) is 0 Å². The zero-order chi connectivity index (χ0) is 16.7. The highest BCUT2D eigenvalue weighted by Gasteiger charge is 2.19. The summed E-state index contributed by atoms with van der Waals surface area (Å²) in [5, 5.41) is 3.48. The van der Waals surface area contributed by atoms with Gasteiger partial charge in [0.25, 0.3) is 0 Å². The van der Waals surface area contributed by atoms with Crippen LogP contribution in [-0.4, -0.2) is 20.7 Å². The van der Waals surface area contributed by atoms with E-state index >= 15 is 0 Å². The molecule has 0 saturated heterocycles. The molecule has 1 aromatic carbocycles. The monoisotopic (exact) mass is 367 g/mol. The highest BCUT2D eigenvalue weighted by Crippen LogP contribution is 2.29. The molecule has 0 atom stereocenters. The summed E-state index contributed by atoms with van der Waals surface area (Å²) < 4.78 is 25.5. The summed E-state index contributed by atoms with van der Waals surface area (Å²) in [5.74, 6) is 0.829. The maximum absolute atomic E-state index is 12.6. The van der Waals surface area contributed by atoms with Crippen molar-refractivity contribution < 1.29 is 8.42 Å². The normalized spacial score (nSPS) is 11.2. The number of benzene rings is 1. The zero-order valence-corrected chi connectivity index (χ0v) is 15.1. The van der Waals surface area contributed by atoms with Crippen LogP contribution < -0.4 is 0 Å². The number of hydrogen-bond donors (Lipinski definition) is 0. The van der Waals surface area contributed by atoms with Crippen LogP contribution in [0, 0.1) is 0 Å². The van der Waals surface area contributed by atoms with Gasteiger partial charge >= 0.3 is 0 Å². The molecule has 0 bridgehead atoms. The molecule has 23 heavy (non-hydrogen) atoms. The molecule has 1 heterocycles. The Hall–Kier alpha value is -1.47. The largest absolute Gasteiger partial charge is 0.218 e. The van der Waals surface area contributed by atoms with Crippen LogP contribution in [0.1, 0.15) is 18.2 Å². The lowest BCUT2D eigenvalue weighted by molar-refractivity contribution is 0.598. The molecule has 0 aliphatic carbocycles. The van der Waals surface area contributed by atoms with E-state index in [1.807, 2.05) is 25.1 Å². The summed E-state index contributed by atoms with van der Waals surface area (Å²) in [6.45, 7) is 2.49. The van der Waals surface area contributed by atoms with Gasteiger partial charge in [0.05, 0.1) is 4.90 Å². The molecular weight excluding hydrogens is 350 g/mol. The van der Waals surface area contributed by atoms with Crippen LogP contribution in [-0.2, 0) is 16.3 Å². The molecule has 0 radical (unpaired) electrons. The summed E-state index contributed by atoms with van der Waals surface area (Å²) in [4.78, 5) is 5.10. The van der Waals surface area contributed by atoms with Crippen molar-refractivity contribution >= 4 is 32.9 Å². The van der Waals surface area contributed by atoms with E-state index in [4.69, 9.17) is 5.53 Å². The summed E-state index contributed by atoms with van der Waals surface area (Å²) >= 11 is 2.95. The van der Waals surface area contributed by atoms with E-state index in [1.54, 1.807) is 30.0 Å². The molecule has 0 spiro atoms. The van der Waals surface area contributed by atoms with E-state index in [-0.39, 0.29) is 0 Å². The minimum Gasteiger partial charge on any atom is -0.218 e. The van der Waals surface area contributed by atoms with Crippen molar-refractivity contribution in [1.29, 1.82) is 0 Å². The fourth-order valence-electron chi connectivity index (χ4n) is 1.89. The summed E-state index contributed by atoms with van der Waals surface area (Å²) in [7, 11) is -3.42. The smallest absolute Gasteiger partial charge is 0.215 e. The number of rotatable bonds is 8. The first-order valence-electron chi connectivity index (χ1n) is 7.15. The van der Waals surface area contributed by atoms with E-state index < -0.39 is 9.84 Å². The topological polar surface area (TPSA) is 82.9 Å². The van der Waals surface area contributed by atoms with Gasteiger partial charge in [-0.2, -0.15) is 0 Å². The molecule has 122 valence electrons. The number of sulfone groups is 1. The Balaban J connectivity index is 2.04. The molecule has 0 unspecified atom stereocenters. The molecule has 2 aromatic rings. The average Bonchev–Trinajstić information content (AvgIpc) is 3.05. The van der Waals surface area contributed by atoms with E-state index in [0.29, 0.717) is 15.6 Å². The highest BCUT2D eigenvalue weighted by molar-refractivity contribution is 7.99. The summed E-state index contributed by atoms with van der Waals surface area (Å²) in [6.07, 6.45) is 1.63. The number of thiophene rings is 1. The molecule has 0 fully saturated rings. The van der Waals surface area contributed by atoms with Crippen LogP contribution >= 0.6 is 23.1 Å². The second-order valence-corrected chi connectivity index (χ2v) is 9.22. The first kappa shape index (κ1) is 17.9. The molecule has 1 aromatic heterocycles. The molecule has 8 heteroatoms. The maximum Gasteiger partial charge on any atom is 0.215 e.